The fraction of sp³-hybridized carbons (Fsp3) is 0.439. The molecule has 2 aliphatic carbocycles. The minimum Gasteiger partial charge on any atom is -0.454 e. The molecule has 1 fully saturated rings. The SMILES string of the molecule is [2H]C1(c2ccc(-c3c(F)ccc4c3oc3c(-c5cccc[n+]5C)c(C)ccc34)c3c2C(C)(C)C(C)(C)C(F)(F)C3(C)C)CCCCC1. The second-order valence-corrected chi connectivity index (χ2v) is 15.3. The quantitative estimate of drug-likeness (QED) is 0.182. The van der Waals surface area contributed by atoms with E-state index in [1.807, 2.05) is 75.0 Å². The zero-order valence-corrected chi connectivity index (χ0v) is 28.3. The number of alkyl halides is 2. The molecule has 0 radical (unpaired) electrons. The van der Waals surface area contributed by atoms with Crippen LogP contribution >= 0.6 is 0 Å². The number of aromatic nitrogens is 1. The molecule has 0 spiro atoms. The maximum absolute atomic E-state index is 17.0. The average molecular weight is 626 g/mol. The number of nitrogens with zero attached hydrogens (tertiary/aromatic N) is 1. The first-order chi connectivity index (χ1) is 22.0. The van der Waals surface area contributed by atoms with Gasteiger partial charge in [0.1, 0.15) is 24.0 Å². The Kier molecular flexibility index (Phi) is 6.60. The van der Waals surface area contributed by atoms with Gasteiger partial charge >= 0.3 is 0 Å². The summed E-state index contributed by atoms with van der Waals surface area (Å²) in [5.74, 6) is -4.57. The van der Waals surface area contributed by atoms with Crippen molar-refractivity contribution in [3.8, 4) is 22.4 Å². The second-order valence-electron chi connectivity index (χ2n) is 15.3. The van der Waals surface area contributed by atoms with Crippen molar-refractivity contribution >= 4 is 21.9 Å². The van der Waals surface area contributed by atoms with Gasteiger partial charge in [-0.1, -0.05) is 71.2 Å². The third-order valence-corrected chi connectivity index (χ3v) is 12.0. The van der Waals surface area contributed by atoms with Gasteiger partial charge in [0, 0.05) is 35.1 Å². The van der Waals surface area contributed by atoms with E-state index >= 15 is 13.2 Å². The topological polar surface area (TPSA) is 17.0 Å². The van der Waals surface area contributed by atoms with Crippen LogP contribution in [0.2, 0.25) is 0 Å². The molecule has 0 amide bonds. The zero-order chi connectivity index (χ0) is 33.9. The van der Waals surface area contributed by atoms with E-state index < -0.39 is 33.9 Å². The van der Waals surface area contributed by atoms with E-state index in [4.69, 9.17) is 4.42 Å². The van der Waals surface area contributed by atoms with Crippen LogP contribution in [0.25, 0.3) is 44.3 Å². The fourth-order valence-electron chi connectivity index (χ4n) is 8.63. The molecule has 0 atom stereocenters. The Morgan fingerprint density at radius 1 is 0.783 bits per heavy atom. The Bertz CT molecular complexity index is 2080. The molecule has 0 unspecified atom stereocenters. The van der Waals surface area contributed by atoms with Crippen molar-refractivity contribution < 1.29 is 23.5 Å². The highest BCUT2D eigenvalue weighted by molar-refractivity contribution is 6.13. The van der Waals surface area contributed by atoms with Gasteiger partial charge in [0.15, 0.2) is 6.20 Å². The van der Waals surface area contributed by atoms with Gasteiger partial charge in [-0.15, -0.1) is 0 Å². The van der Waals surface area contributed by atoms with Crippen molar-refractivity contribution in [2.24, 2.45) is 12.5 Å². The molecular weight excluding hydrogens is 579 g/mol. The zero-order valence-electron chi connectivity index (χ0n) is 29.3. The first-order valence-electron chi connectivity index (χ1n) is 17.1. The standard InChI is InChI=1S/C41H45F3NO/c1-24-17-18-27-28-21-22-30(42)33(37(28)46-36(27)32(24)31-16-12-13-23-45(31)8)29-20-19-26(25-14-10-9-11-15-25)34-35(29)39(4,5)41(43,44)40(6,7)38(34,2)3/h12-13,16-23,25H,9-11,14-15H2,1-8H3/q+1/i25D. The Hall–Kier alpha value is -3.60. The number of fused-ring (bicyclic) bond motifs is 4. The summed E-state index contributed by atoms with van der Waals surface area (Å²) >= 11 is 0. The van der Waals surface area contributed by atoms with Crippen molar-refractivity contribution in [2.75, 3.05) is 0 Å². The predicted molar refractivity (Wildman–Crippen MR) is 181 cm³/mol. The summed E-state index contributed by atoms with van der Waals surface area (Å²) in [5.41, 5.74) is 2.35. The molecule has 7 rings (SSSR count). The van der Waals surface area contributed by atoms with E-state index in [0.29, 0.717) is 35.1 Å². The Labute approximate surface area is 272 Å². The number of benzene rings is 3. The Morgan fingerprint density at radius 3 is 2.11 bits per heavy atom. The van der Waals surface area contributed by atoms with Crippen molar-refractivity contribution in [1.29, 1.82) is 0 Å². The summed E-state index contributed by atoms with van der Waals surface area (Å²) in [4.78, 5) is 0. The van der Waals surface area contributed by atoms with Crippen molar-refractivity contribution in [3.05, 3.63) is 88.9 Å². The molecule has 0 N–H and O–H groups in total. The van der Waals surface area contributed by atoms with Crippen molar-refractivity contribution in [2.45, 2.75) is 103 Å². The van der Waals surface area contributed by atoms with E-state index in [2.05, 4.69) is 0 Å². The van der Waals surface area contributed by atoms with Gasteiger partial charge in [-0.05, 0) is 85.5 Å². The highest BCUT2D eigenvalue weighted by atomic mass is 19.3. The van der Waals surface area contributed by atoms with Gasteiger partial charge in [-0.2, -0.15) is 0 Å². The van der Waals surface area contributed by atoms with E-state index in [-0.39, 0.29) is 5.56 Å². The minimum absolute atomic E-state index is 0.199. The molecule has 0 aliphatic heterocycles. The van der Waals surface area contributed by atoms with Crippen LogP contribution in [-0.2, 0) is 17.9 Å². The maximum atomic E-state index is 17.0. The number of pyridine rings is 1. The van der Waals surface area contributed by atoms with Crippen LogP contribution in [0.5, 0.6) is 0 Å². The third-order valence-electron chi connectivity index (χ3n) is 12.0. The van der Waals surface area contributed by atoms with Gasteiger partial charge < -0.3 is 4.42 Å². The second kappa shape index (κ2) is 10.2. The molecule has 1 saturated carbocycles. The summed E-state index contributed by atoms with van der Waals surface area (Å²) < 4.78 is 69.1. The van der Waals surface area contributed by atoms with E-state index in [1.165, 1.54) is 6.07 Å². The largest absolute Gasteiger partial charge is 0.454 e. The van der Waals surface area contributed by atoms with E-state index in [1.54, 1.807) is 39.8 Å². The summed E-state index contributed by atoms with van der Waals surface area (Å²) in [5, 5.41) is 1.58. The predicted octanol–water partition coefficient (Wildman–Crippen LogP) is 11.5. The number of hydrogen-bond acceptors (Lipinski definition) is 1. The van der Waals surface area contributed by atoms with Crippen LogP contribution in [0.3, 0.4) is 0 Å². The molecule has 2 aliphatic rings. The number of aryl methyl sites for hydroxylation is 2. The molecular formula is C41H45F3NO+. The van der Waals surface area contributed by atoms with Crippen LogP contribution < -0.4 is 4.57 Å². The van der Waals surface area contributed by atoms with E-state index in [9.17, 15) is 1.37 Å². The Balaban J connectivity index is 1.62. The van der Waals surface area contributed by atoms with Crippen molar-refractivity contribution in [1.82, 2.24) is 0 Å². The summed E-state index contributed by atoms with van der Waals surface area (Å²) in [6.45, 7) is 12.3. The monoisotopic (exact) mass is 625 g/mol. The summed E-state index contributed by atoms with van der Waals surface area (Å²) in [7, 11) is 1.98. The molecule has 2 heterocycles. The lowest BCUT2D eigenvalue weighted by molar-refractivity contribution is -0.660. The molecule has 2 nitrogen and oxygen atoms in total. The number of hydrogen-bond donors (Lipinski definition) is 0. The molecule has 3 aromatic carbocycles. The minimum atomic E-state index is -3.16. The highest BCUT2D eigenvalue weighted by Gasteiger charge is 2.68. The maximum Gasteiger partial charge on any atom is 0.262 e. The number of halogens is 3. The molecule has 2 aromatic heterocycles. The van der Waals surface area contributed by atoms with E-state index in [0.717, 1.165) is 58.0 Å². The smallest absolute Gasteiger partial charge is 0.262 e. The molecule has 5 heteroatoms. The fourth-order valence-corrected chi connectivity index (χ4v) is 8.63. The van der Waals surface area contributed by atoms with Gasteiger partial charge in [0.25, 0.3) is 5.92 Å². The van der Waals surface area contributed by atoms with Gasteiger partial charge in [0.05, 0.1) is 16.5 Å². The molecule has 0 bridgehead atoms. The van der Waals surface area contributed by atoms with Gasteiger partial charge in [-0.3, -0.25) is 0 Å². The summed E-state index contributed by atoms with van der Waals surface area (Å²) in [6.07, 6.45) is 6.26. The highest BCUT2D eigenvalue weighted by Crippen LogP contribution is 2.66. The normalized spacial score (nSPS) is 21.2. The first-order valence-corrected chi connectivity index (χ1v) is 16.6. The Morgan fingerprint density at radius 2 is 1.43 bits per heavy atom. The van der Waals surface area contributed by atoms with Crippen LogP contribution in [0.1, 0.15) is 103 Å². The number of furan rings is 1. The van der Waals surface area contributed by atoms with Crippen LogP contribution in [-0.4, -0.2) is 5.92 Å². The van der Waals surface area contributed by atoms with Crippen LogP contribution in [0.4, 0.5) is 13.2 Å². The first kappa shape index (κ1) is 29.8. The average Bonchev–Trinajstić information content (AvgIpc) is 3.38. The molecule has 46 heavy (non-hydrogen) atoms. The van der Waals surface area contributed by atoms with Gasteiger partial charge in [-0.25, -0.2) is 17.7 Å². The number of rotatable bonds is 3. The lowest BCUT2D eigenvalue weighted by Crippen LogP contribution is -2.63. The third kappa shape index (κ3) is 3.99. The summed E-state index contributed by atoms with van der Waals surface area (Å²) in [6, 6.07) is 16.9. The molecule has 0 saturated heterocycles. The van der Waals surface area contributed by atoms with Crippen LogP contribution in [0.15, 0.2) is 65.2 Å². The molecule has 240 valence electrons. The lowest BCUT2D eigenvalue weighted by atomic mass is 9.47. The molecule has 5 aromatic rings. The lowest BCUT2D eigenvalue weighted by Gasteiger charge is -2.59. The van der Waals surface area contributed by atoms with Crippen molar-refractivity contribution in [3.63, 3.8) is 0 Å². The van der Waals surface area contributed by atoms with Gasteiger partial charge in [0.2, 0.25) is 5.69 Å². The van der Waals surface area contributed by atoms with Crippen LogP contribution in [0, 0.1) is 18.2 Å².